The van der Waals surface area contributed by atoms with Gasteiger partial charge < -0.3 is 10.2 Å². The quantitative estimate of drug-likeness (QED) is 0.835. The number of hydrogen-bond acceptors (Lipinski definition) is 2. The number of aryl methyl sites for hydroxylation is 1. The Morgan fingerprint density at radius 2 is 2.06 bits per heavy atom. The summed E-state index contributed by atoms with van der Waals surface area (Å²) in [5.41, 5.74) is 1.98. The number of hydrogen-bond donors (Lipinski definition) is 1. The van der Waals surface area contributed by atoms with Crippen molar-refractivity contribution in [3.8, 4) is 0 Å². The third-order valence-electron chi connectivity index (χ3n) is 3.15. The summed E-state index contributed by atoms with van der Waals surface area (Å²) in [4.78, 5) is 2.45. The third-order valence-corrected chi connectivity index (χ3v) is 3.15. The van der Waals surface area contributed by atoms with Crippen LogP contribution in [0, 0.1) is 12.7 Å². The van der Waals surface area contributed by atoms with Crippen LogP contribution in [0.15, 0.2) is 18.2 Å². The summed E-state index contributed by atoms with van der Waals surface area (Å²) < 4.78 is 13.1. The van der Waals surface area contributed by atoms with Crippen molar-refractivity contribution in [3.63, 3.8) is 0 Å². The van der Waals surface area contributed by atoms with E-state index >= 15 is 0 Å². The molecule has 0 spiro atoms. The van der Waals surface area contributed by atoms with Crippen molar-refractivity contribution in [1.29, 1.82) is 0 Å². The van der Waals surface area contributed by atoms with Crippen LogP contribution in [0.3, 0.4) is 0 Å². The smallest absolute Gasteiger partial charge is 0.126 e. The SMILES string of the molecule is Cc1cc(CCN2CCNCC2)ccc1F. The molecule has 1 heterocycles. The normalized spacial score (nSPS) is 17.6. The van der Waals surface area contributed by atoms with Gasteiger partial charge in [-0.05, 0) is 30.5 Å². The predicted molar refractivity (Wildman–Crippen MR) is 64.2 cm³/mol. The second-order valence-corrected chi connectivity index (χ2v) is 4.43. The Morgan fingerprint density at radius 1 is 1.31 bits per heavy atom. The van der Waals surface area contributed by atoms with Gasteiger partial charge in [0.25, 0.3) is 0 Å². The first-order chi connectivity index (χ1) is 7.75. The average Bonchev–Trinajstić information content (AvgIpc) is 2.32. The lowest BCUT2D eigenvalue weighted by Crippen LogP contribution is -2.44. The molecule has 0 amide bonds. The standard InChI is InChI=1S/C13H19FN2/c1-11-10-12(2-3-13(11)14)4-7-16-8-5-15-6-9-16/h2-3,10,15H,4-9H2,1H3. The van der Waals surface area contributed by atoms with Crippen LogP contribution in [0.4, 0.5) is 4.39 Å². The summed E-state index contributed by atoms with van der Waals surface area (Å²) >= 11 is 0. The minimum atomic E-state index is -0.106. The molecule has 1 aromatic carbocycles. The van der Waals surface area contributed by atoms with E-state index in [-0.39, 0.29) is 5.82 Å². The van der Waals surface area contributed by atoms with Crippen molar-refractivity contribution in [3.05, 3.63) is 35.1 Å². The molecule has 88 valence electrons. The van der Waals surface area contributed by atoms with Crippen molar-refractivity contribution in [2.24, 2.45) is 0 Å². The summed E-state index contributed by atoms with van der Waals surface area (Å²) in [6.45, 7) is 7.32. The lowest BCUT2D eigenvalue weighted by molar-refractivity contribution is 0.244. The molecule has 2 rings (SSSR count). The lowest BCUT2D eigenvalue weighted by atomic mass is 10.1. The monoisotopic (exact) mass is 222 g/mol. The fraction of sp³-hybridized carbons (Fsp3) is 0.538. The van der Waals surface area contributed by atoms with Gasteiger partial charge in [0.2, 0.25) is 0 Å². The molecule has 2 nitrogen and oxygen atoms in total. The second kappa shape index (κ2) is 5.41. The molecular formula is C13H19FN2. The number of piperazine rings is 1. The van der Waals surface area contributed by atoms with Gasteiger partial charge in [-0.1, -0.05) is 12.1 Å². The molecule has 0 unspecified atom stereocenters. The van der Waals surface area contributed by atoms with Gasteiger partial charge in [-0.15, -0.1) is 0 Å². The molecule has 1 aliphatic rings. The Labute approximate surface area is 96.5 Å². The third kappa shape index (κ3) is 3.03. The topological polar surface area (TPSA) is 15.3 Å². The van der Waals surface area contributed by atoms with E-state index in [1.165, 1.54) is 5.56 Å². The summed E-state index contributed by atoms with van der Waals surface area (Å²) in [6, 6.07) is 5.42. The molecule has 1 fully saturated rings. The first-order valence-electron chi connectivity index (χ1n) is 5.94. The van der Waals surface area contributed by atoms with Crippen LogP contribution >= 0.6 is 0 Å². The van der Waals surface area contributed by atoms with Crippen LogP contribution in [0.2, 0.25) is 0 Å². The molecule has 0 radical (unpaired) electrons. The Hall–Kier alpha value is -0.930. The van der Waals surface area contributed by atoms with Gasteiger partial charge in [0.05, 0.1) is 0 Å². The van der Waals surface area contributed by atoms with E-state index in [1.54, 1.807) is 6.07 Å². The number of rotatable bonds is 3. The summed E-state index contributed by atoms with van der Waals surface area (Å²) in [5, 5.41) is 3.34. The Balaban J connectivity index is 1.86. The summed E-state index contributed by atoms with van der Waals surface area (Å²) in [6.07, 6.45) is 1.02. The molecule has 3 heteroatoms. The zero-order valence-electron chi connectivity index (χ0n) is 9.80. The fourth-order valence-electron chi connectivity index (χ4n) is 2.08. The van der Waals surface area contributed by atoms with E-state index in [4.69, 9.17) is 0 Å². The van der Waals surface area contributed by atoms with Crippen LogP contribution in [0.5, 0.6) is 0 Å². The van der Waals surface area contributed by atoms with Crippen molar-refractivity contribution in [2.75, 3.05) is 32.7 Å². The minimum Gasteiger partial charge on any atom is -0.314 e. The van der Waals surface area contributed by atoms with Crippen molar-refractivity contribution < 1.29 is 4.39 Å². The van der Waals surface area contributed by atoms with E-state index in [1.807, 2.05) is 19.1 Å². The zero-order chi connectivity index (χ0) is 11.4. The largest absolute Gasteiger partial charge is 0.314 e. The zero-order valence-corrected chi connectivity index (χ0v) is 9.80. The summed E-state index contributed by atoms with van der Waals surface area (Å²) in [5.74, 6) is -0.106. The molecule has 1 aromatic rings. The van der Waals surface area contributed by atoms with Gasteiger partial charge in [-0.2, -0.15) is 0 Å². The number of halogens is 1. The van der Waals surface area contributed by atoms with E-state index in [0.717, 1.165) is 44.7 Å². The number of benzene rings is 1. The minimum absolute atomic E-state index is 0.106. The Kier molecular flexibility index (Phi) is 3.91. The van der Waals surface area contributed by atoms with E-state index < -0.39 is 0 Å². The van der Waals surface area contributed by atoms with Gasteiger partial charge in [-0.3, -0.25) is 0 Å². The van der Waals surface area contributed by atoms with Crippen LogP contribution in [0.1, 0.15) is 11.1 Å². The van der Waals surface area contributed by atoms with E-state index in [9.17, 15) is 4.39 Å². The maximum atomic E-state index is 13.1. The highest BCUT2D eigenvalue weighted by Gasteiger charge is 2.09. The highest BCUT2D eigenvalue weighted by molar-refractivity contribution is 5.24. The molecular weight excluding hydrogens is 203 g/mol. The fourth-order valence-corrected chi connectivity index (χ4v) is 2.08. The molecule has 1 N–H and O–H groups in total. The number of nitrogens with one attached hydrogen (secondary N) is 1. The van der Waals surface area contributed by atoms with Crippen LogP contribution in [-0.2, 0) is 6.42 Å². The number of nitrogens with zero attached hydrogens (tertiary/aromatic N) is 1. The van der Waals surface area contributed by atoms with E-state index in [2.05, 4.69) is 10.2 Å². The van der Waals surface area contributed by atoms with Crippen LogP contribution in [0.25, 0.3) is 0 Å². The Bertz CT molecular complexity index is 346. The van der Waals surface area contributed by atoms with Gasteiger partial charge in [-0.25, -0.2) is 4.39 Å². The molecule has 0 bridgehead atoms. The second-order valence-electron chi connectivity index (χ2n) is 4.43. The first-order valence-corrected chi connectivity index (χ1v) is 5.94. The molecule has 1 aliphatic heterocycles. The van der Waals surface area contributed by atoms with Crippen molar-refractivity contribution >= 4 is 0 Å². The predicted octanol–water partition coefficient (Wildman–Crippen LogP) is 1.58. The maximum Gasteiger partial charge on any atom is 0.126 e. The van der Waals surface area contributed by atoms with Crippen molar-refractivity contribution in [1.82, 2.24) is 10.2 Å². The maximum absolute atomic E-state index is 13.1. The highest BCUT2D eigenvalue weighted by atomic mass is 19.1. The van der Waals surface area contributed by atoms with Gasteiger partial charge in [0.1, 0.15) is 5.82 Å². The van der Waals surface area contributed by atoms with Crippen molar-refractivity contribution in [2.45, 2.75) is 13.3 Å². The molecule has 0 aromatic heterocycles. The van der Waals surface area contributed by atoms with Gasteiger partial charge >= 0.3 is 0 Å². The molecule has 0 atom stereocenters. The first kappa shape index (κ1) is 11.6. The lowest BCUT2D eigenvalue weighted by Gasteiger charge is -2.27. The molecule has 0 saturated carbocycles. The highest BCUT2D eigenvalue weighted by Crippen LogP contribution is 2.10. The van der Waals surface area contributed by atoms with Crippen LogP contribution in [-0.4, -0.2) is 37.6 Å². The summed E-state index contributed by atoms with van der Waals surface area (Å²) in [7, 11) is 0. The molecule has 1 saturated heterocycles. The van der Waals surface area contributed by atoms with E-state index in [0.29, 0.717) is 0 Å². The Morgan fingerprint density at radius 3 is 2.75 bits per heavy atom. The van der Waals surface area contributed by atoms with Gasteiger partial charge in [0, 0.05) is 32.7 Å². The van der Waals surface area contributed by atoms with Gasteiger partial charge in [0.15, 0.2) is 0 Å². The average molecular weight is 222 g/mol. The molecule has 16 heavy (non-hydrogen) atoms. The van der Waals surface area contributed by atoms with Crippen LogP contribution < -0.4 is 5.32 Å². The molecule has 0 aliphatic carbocycles.